The lowest BCUT2D eigenvalue weighted by Gasteiger charge is -2.32. The molecule has 0 N–H and O–H groups in total. The van der Waals surface area contributed by atoms with Gasteiger partial charge in [0.1, 0.15) is 5.73 Å². The fourth-order valence-electron chi connectivity index (χ4n) is 2.48. The third kappa shape index (κ3) is 2.51. The zero-order chi connectivity index (χ0) is 15.3. The summed E-state index contributed by atoms with van der Waals surface area (Å²) in [5.74, 6) is -0.0393. The first-order chi connectivity index (χ1) is 9.05. The first-order valence-corrected chi connectivity index (χ1v) is 7.01. The van der Waals surface area contributed by atoms with Gasteiger partial charge in [0.15, 0.2) is 0 Å². The van der Waals surface area contributed by atoms with Gasteiger partial charge in [0, 0.05) is 25.9 Å². The molecule has 1 atom stereocenters. The summed E-state index contributed by atoms with van der Waals surface area (Å²) in [6.07, 6.45) is 0.356. The minimum atomic E-state index is -0.971. The van der Waals surface area contributed by atoms with Gasteiger partial charge in [-0.15, -0.1) is 0 Å². The SMILES string of the molecule is CC(=C(F)B1OC(C)(C)C(C)(C)O1)C1CC(=O)N(C)C1. The average molecular weight is 283 g/mol. The largest absolute Gasteiger partial charge is 0.525 e. The number of likely N-dealkylation sites (tertiary alicyclic amines) is 1. The van der Waals surface area contributed by atoms with Crippen molar-refractivity contribution < 1.29 is 18.5 Å². The lowest BCUT2D eigenvalue weighted by atomic mass is 9.81. The number of carbonyl (C=O) groups is 1. The summed E-state index contributed by atoms with van der Waals surface area (Å²) in [7, 11) is 0.767. The second kappa shape index (κ2) is 4.84. The molecule has 1 amide bonds. The Bertz CT molecular complexity index is 445. The molecule has 20 heavy (non-hydrogen) atoms. The lowest BCUT2D eigenvalue weighted by molar-refractivity contribution is -0.126. The van der Waals surface area contributed by atoms with Gasteiger partial charge in [-0.05, 0) is 40.2 Å². The minimum absolute atomic E-state index is 0.0519. The Morgan fingerprint density at radius 2 is 1.80 bits per heavy atom. The van der Waals surface area contributed by atoms with Crippen LogP contribution in [0.4, 0.5) is 4.39 Å². The van der Waals surface area contributed by atoms with Crippen molar-refractivity contribution in [2.45, 2.75) is 52.2 Å². The lowest BCUT2D eigenvalue weighted by Crippen LogP contribution is -2.41. The van der Waals surface area contributed by atoms with Crippen LogP contribution in [0.25, 0.3) is 0 Å². The number of rotatable bonds is 2. The van der Waals surface area contributed by atoms with Crippen LogP contribution in [0.1, 0.15) is 41.0 Å². The third-order valence-corrected chi connectivity index (χ3v) is 4.79. The highest BCUT2D eigenvalue weighted by Gasteiger charge is 2.53. The summed E-state index contributed by atoms with van der Waals surface area (Å²) in [5.41, 5.74) is -0.951. The van der Waals surface area contributed by atoms with Crippen LogP contribution in [-0.4, -0.2) is 42.7 Å². The van der Waals surface area contributed by atoms with Crippen LogP contribution >= 0.6 is 0 Å². The highest BCUT2D eigenvalue weighted by Crippen LogP contribution is 2.40. The average Bonchev–Trinajstić information content (AvgIpc) is 2.76. The predicted octanol–water partition coefficient (Wildman–Crippen LogP) is 2.34. The van der Waals surface area contributed by atoms with Crippen molar-refractivity contribution in [2.75, 3.05) is 13.6 Å². The molecule has 4 nitrogen and oxygen atoms in total. The molecular formula is C14H23BFNO3. The van der Waals surface area contributed by atoms with Gasteiger partial charge in [-0.1, -0.05) is 0 Å². The molecule has 2 aliphatic rings. The number of hydrogen-bond acceptors (Lipinski definition) is 3. The van der Waals surface area contributed by atoms with E-state index in [0.717, 1.165) is 0 Å². The fourth-order valence-corrected chi connectivity index (χ4v) is 2.48. The molecular weight excluding hydrogens is 260 g/mol. The van der Waals surface area contributed by atoms with Gasteiger partial charge >= 0.3 is 7.12 Å². The smallest absolute Gasteiger partial charge is 0.398 e. The molecule has 2 aliphatic heterocycles. The molecule has 2 rings (SSSR count). The van der Waals surface area contributed by atoms with Crippen LogP contribution in [0, 0.1) is 5.92 Å². The van der Waals surface area contributed by atoms with Crippen molar-refractivity contribution in [1.29, 1.82) is 0 Å². The van der Waals surface area contributed by atoms with E-state index in [4.69, 9.17) is 9.31 Å². The van der Waals surface area contributed by atoms with Crippen LogP contribution in [0.3, 0.4) is 0 Å². The first-order valence-electron chi connectivity index (χ1n) is 7.01. The van der Waals surface area contributed by atoms with Crippen molar-refractivity contribution in [3.8, 4) is 0 Å². The number of carbonyl (C=O) groups excluding carboxylic acids is 1. The Hall–Kier alpha value is -0.875. The van der Waals surface area contributed by atoms with Gasteiger partial charge in [0.2, 0.25) is 5.91 Å². The maximum absolute atomic E-state index is 14.6. The normalized spacial score (nSPS) is 29.9. The summed E-state index contributed by atoms with van der Waals surface area (Å²) >= 11 is 0. The van der Waals surface area contributed by atoms with Crippen LogP contribution in [0.15, 0.2) is 11.3 Å². The molecule has 0 saturated carbocycles. The Morgan fingerprint density at radius 1 is 1.30 bits per heavy atom. The van der Waals surface area contributed by atoms with Crippen molar-refractivity contribution in [3.05, 3.63) is 11.3 Å². The highest BCUT2D eigenvalue weighted by atomic mass is 19.1. The van der Waals surface area contributed by atoms with Gasteiger partial charge in [0.25, 0.3) is 0 Å². The Kier molecular flexibility index (Phi) is 3.76. The van der Waals surface area contributed by atoms with Crippen molar-refractivity contribution in [2.24, 2.45) is 5.92 Å². The van der Waals surface area contributed by atoms with E-state index in [2.05, 4.69) is 0 Å². The second-order valence-corrected chi connectivity index (χ2v) is 6.79. The van der Waals surface area contributed by atoms with Crippen molar-refractivity contribution in [1.82, 2.24) is 4.90 Å². The number of amides is 1. The maximum Gasteiger partial charge on any atom is 0.525 e. The predicted molar refractivity (Wildman–Crippen MR) is 75.6 cm³/mol. The second-order valence-electron chi connectivity index (χ2n) is 6.79. The van der Waals surface area contributed by atoms with Crippen LogP contribution in [-0.2, 0) is 14.1 Å². The Balaban J connectivity index is 2.17. The van der Waals surface area contributed by atoms with Gasteiger partial charge in [-0.2, -0.15) is 0 Å². The Morgan fingerprint density at radius 3 is 2.20 bits per heavy atom. The minimum Gasteiger partial charge on any atom is -0.398 e. The van der Waals surface area contributed by atoms with E-state index in [1.165, 1.54) is 0 Å². The van der Waals surface area contributed by atoms with Crippen LogP contribution in [0.2, 0.25) is 0 Å². The molecule has 6 heteroatoms. The number of halogens is 1. The van der Waals surface area contributed by atoms with E-state index in [9.17, 15) is 9.18 Å². The fraction of sp³-hybridized carbons (Fsp3) is 0.786. The van der Waals surface area contributed by atoms with Crippen molar-refractivity contribution >= 4 is 13.0 Å². The zero-order valence-electron chi connectivity index (χ0n) is 13.1. The quantitative estimate of drug-likeness (QED) is 0.730. The molecule has 0 aromatic carbocycles. The summed E-state index contributed by atoms with van der Waals surface area (Å²) in [6.45, 7) is 9.84. The topological polar surface area (TPSA) is 38.8 Å². The van der Waals surface area contributed by atoms with Gasteiger partial charge in [0.05, 0.1) is 11.2 Å². The van der Waals surface area contributed by atoms with Gasteiger partial charge in [-0.3, -0.25) is 4.79 Å². The molecule has 2 saturated heterocycles. The Labute approximate surface area is 120 Å². The molecule has 0 spiro atoms. The van der Waals surface area contributed by atoms with Crippen molar-refractivity contribution in [3.63, 3.8) is 0 Å². The van der Waals surface area contributed by atoms with Gasteiger partial charge < -0.3 is 14.2 Å². The van der Waals surface area contributed by atoms with E-state index >= 15 is 0 Å². The van der Waals surface area contributed by atoms with E-state index < -0.39 is 24.0 Å². The summed E-state index contributed by atoms with van der Waals surface area (Å²) in [4.78, 5) is 13.2. The summed E-state index contributed by atoms with van der Waals surface area (Å²) in [5, 5.41) is 0. The molecule has 0 bridgehead atoms. The van der Waals surface area contributed by atoms with Gasteiger partial charge in [-0.25, -0.2) is 4.39 Å². The monoisotopic (exact) mass is 283 g/mol. The zero-order valence-corrected chi connectivity index (χ0v) is 13.1. The molecule has 0 aliphatic carbocycles. The molecule has 1 unspecified atom stereocenters. The van der Waals surface area contributed by atoms with E-state index in [1.807, 2.05) is 27.7 Å². The van der Waals surface area contributed by atoms with E-state index in [1.54, 1.807) is 18.9 Å². The molecule has 0 aromatic heterocycles. The molecule has 2 fully saturated rings. The maximum atomic E-state index is 14.6. The molecule has 0 radical (unpaired) electrons. The van der Waals surface area contributed by atoms with Crippen LogP contribution < -0.4 is 0 Å². The first kappa shape index (κ1) is 15.5. The van der Waals surface area contributed by atoms with Crippen LogP contribution in [0.5, 0.6) is 0 Å². The third-order valence-electron chi connectivity index (χ3n) is 4.79. The number of nitrogens with zero attached hydrogens (tertiary/aromatic N) is 1. The molecule has 112 valence electrons. The molecule has 2 heterocycles. The molecule has 0 aromatic rings. The van der Waals surface area contributed by atoms with E-state index in [-0.39, 0.29) is 11.8 Å². The highest BCUT2D eigenvalue weighted by molar-refractivity contribution is 6.53. The van der Waals surface area contributed by atoms with E-state index in [0.29, 0.717) is 18.5 Å². The number of hydrogen-bond donors (Lipinski definition) is 0. The summed E-state index contributed by atoms with van der Waals surface area (Å²) in [6, 6.07) is 0. The standard InChI is InChI=1S/C14H23BFNO3/c1-9(10-7-11(18)17(6)8-10)12(16)15-19-13(2,3)14(4,5)20-15/h10H,7-8H2,1-6H3. The summed E-state index contributed by atoms with van der Waals surface area (Å²) < 4.78 is 26.0.